The molecule has 0 aromatic heterocycles. The molecule has 2 aliphatic heterocycles. The van der Waals surface area contributed by atoms with Gasteiger partial charge in [-0.2, -0.15) is 0 Å². The zero-order chi connectivity index (χ0) is 22.7. The number of hydrogen-bond donors (Lipinski definition) is 0. The number of hydrogen-bond acceptors (Lipinski definition) is 7. The molecule has 0 unspecified atom stereocenters. The number of anilines is 1. The summed E-state index contributed by atoms with van der Waals surface area (Å²) in [7, 11) is 3.18. The van der Waals surface area contributed by atoms with Crippen LogP contribution in [0.2, 0.25) is 0 Å². The number of rotatable bonds is 6. The first-order valence-electron chi connectivity index (χ1n) is 10.7. The highest BCUT2D eigenvalue weighted by molar-refractivity contribution is 5.96. The van der Waals surface area contributed by atoms with Crippen molar-refractivity contribution in [2.45, 2.75) is 18.9 Å². The molecule has 0 saturated carbocycles. The van der Waals surface area contributed by atoms with Gasteiger partial charge in [0.1, 0.15) is 17.2 Å². The van der Waals surface area contributed by atoms with Crippen molar-refractivity contribution in [3.8, 4) is 11.5 Å². The Morgan fingerprint density at radius 2 is 1.88 bits per heavy atom. The third kappa shape index (κ3) is 4.20. The third-order valence-electron chi connectivity index (χ3n) is 6.08. The highest BCUT2D eigenvalue weighted by Crippen LogP contribution is 2.40. The lowest BCUT2D eigenvalue weighted by Crippen LogP contribution is -2.36. The number of nitrogens with zero attached hydrogens (tertiary/aromatic N) is 3. The summed E-state index contributed by atoms with van der Waals surface area (Å²) >= 11 is 0. The van der Waals surface area contributed by atoms with E-state index >= 15 is 0 Å². The van der Waals surface area contributed by atoms with E-state index in [0.717, 1.165) is 18.4 Å². The van der Waals surface area contributed by atoms with Crippen molar-refractivity contribution in [3.05, 3.63) is 57.6 Å². The molecular weight excluding hydrogens is 414 g/mol. The fourth-order valence-electron chi connectivity index (χ4n) is 4.47. The molecule has 0 aliphatic carbocycles. The lowest BCUT2D eigenvalue weighted by molar-refractivity contribution is -0.384. The van der Waals surface area contributed by atoms with E-state index in [0.29, 0.717) is 55.6 Å². The molecule has 2 aromatic carbocycles. The number of nitro benzene ring substituents is 1. The molecule has 0 radical (unpaired) electrons. The van der Waals surface area contributed by atoms with Crippen molar-refractivity contribution in [3.63, 3.8) is 0 Å². The Kier molecular flexibility index (Phi) is 6.45. The van der Waals surface area contributed by atoms with Crippen LogP contribution in [-0.2, 0) is 4.74 Å². The number of ether oxygens (including phenoxy) is 3. The number of benzene rings is 2. The summed E-state index contributed by atoms with van der Waals surface area (Å²) < 4.78 is 16.2. The lowest BCUT2D eigenvalue weighted by atomic mass is 10.0. The number of amides is 1. The maximum atomic E-state index is 13.4. The van der Waals surface area contributed by atoms with E-state index in [9.17, 15) is 14.9 Å². The normalized spacial score (nSPS) is 18.5. The Morgan fingerprint density at radius 3 is 2.56 bits per heavy atom. The van der Waals surface area contributed by atoms with Crippen LogP contribution in [0.1, 0.15) is 34.8 Å². The number of carbonyl (C=O) groups is 1. The van der Waals surface area contributed by atoms with Gasteiger partial charge in [0.05, 0.1) is 38.4 Å². The zero-order valence-electron chi connectivity index (χ0n) is 18.3. The first kappa shape index (κ1) is 21.9. The Hall–Kier alpha value is -3.33. The average molecular weight is 441 g/mol. The molecule has 1 amide bonds. The number of carbonyl (C=O) groups excluding carboxylic acids is 1. The van der Waals surface area contributed by atoms with E-state index in [1.807, 2.05) is 17.0 Å². The van der Waals surface area contributed by atoms with Crippen LogP contribution in [0.25, 0.3) is 0 Å². The average Bonchev–Trinajstić information content (AvgIpc) is 3.33. The highest BCUT2D eigenvalue weighted by Gasteiger charge is 2.34. The van der Waals surface area contributed by atoms with Crippen molar-refractivity contribution in [2.75, 3.05) is 52.0 Å². The van der Waals surface area contributed by atoms with E-state index in [-0.39, 0.29) is 17.6 Å². The van der Waals surface area contributed by atoms with Crippen LogP contribution in [0.5, 0.6) is 11.5 Å². The minimum Gasteiger partial charge on any atom is -0.497 e. The monoisotopic (exact) mass is 441 g/mol. The van der Waals surface area contributed by atoms with Crippen molar-refractivity contribution >= 4 is 17.3 Å². The molecular formula is C23H27N3O6. The summed E-state index contributed by atoms with van der Waals surface area (Å²) in [5, 5.41) is 11.8. The molecule has 170 valence electrons. The summed E-state index contributed by atoms with van der Waals surface area (Å²) in [5.74, 6) is 1.11. The van der Waals surface area contributed by atoms with Gasteiger partial charge in [0, 0.05) is 42.9 Å². The van der Waals surface area contributed by atoms with Gasteiger partial charge in [-0.25, -0.2) is 0 Å². The van der Waals surface area contributed by atoms with Gasteiger partial charge in [0.25, 0.3) is 11.6 Å². The molecule has 4 rings (SSSR count). The molecule has 0 bridgehead atoms. The predicted molar refractivity (Wildman–Crippen MR) is 119 cm³/mol. The Morgan fingerprint density at radius 1 is 1.09 bits per heavy atom. The number of morpholine rings is 1. The Balaban J connectivity index is 1.63. The molecule has 9 nitrogen and oxygen atoms in total. The second-order valence-corrected chi connectivity index (χ2v) is 7.82. The minimum atomic E-state index is -0.421. The van der Waals surface area contributed by atoms with E-state index in [1.165, 1.54) is 6.07 Å². The maximum Gasteiger partial charge on any atom is 0.293 e. The molecule has 2 saturated heterocycles. The summed E-state index contributed by atoms with van der Waals surface area (Å²) in [6.45, 7) is 2.80. The van der Waals surface area contributed by atoms with Gasteiger partial charge < -0.3 is 24.0 Å². The predicted octanol–water partition coefficient (Wildman–Crippen LogP) is 3.43. The van der Waals surface area contributed by atoms with Crippen LogP contribution < -0.4 is 14.4 Å². The second kappa shape index (κ2) is 9.44. The molecule has 0 spiro atoms. The SMILES string of the molecule is COc1ccc([C@@H]2CCCN2C(=O)c2ccc(N3CCOCC3)c([N+](=O)[O-])c2)c(OC)c1. The summed E-state index contributed by atoms with van der Waals surface area (Å²) in [4.78, 5) is 28.5. The quantitative estimate of drug-likeness (QED) is 0.501. The summed E-state index contributed by atoms with van der Waals surface area (Å²) in [6, 6.07) is 10.2. The molecule has 1 atom stereocenters. The second-order valence-electron chi connectivity index (χ2n) is 7.82. The van der Waals surface area contributed by atoms with Gasteiger partial charge in [-0.1, -0.05) is 0 Å². The smallest absolute Gasteiger partial charge is 0.293 e. The molecule has 2 aliphatic rings. The molecule has 0 N–H and O–H groups in total. The van der Waals surface area contributed by atoms with Crippen molar-refractivity contribution in [2.24, 2.45) is 0 Å². The Bertz CT molecular complexity index is 1010. The van der Waals surface area contributed by atoms with E-state index in [2.05, 4.69) is 0 Å². The van der Waals surface area contributed by atoms with Gasteiger partial charge in [-0.3, -0.25) is 14.9 Å². The summed E-state index contributed by atoms with van der Waals surface area (Å²) in [6.07, 6.45) is 1.64. The maximum absolute atomic E-state index is 13.4. The minimum absolute atomic E-state index is 0.0597. The number of nitro groups is 1. The zero-order valence-corrected chi connectivity index (χ0v) is 18.3. The topological polar surface area (TPSA) is 94.4 Å². The molecule has 2 aromatic rings. The van der Waals surface area contributed by atoms with Crippen LogP contribution in [0.15, 0.2) is 36.4 Å². The Labute approximate surface area is 186 Å². The van der Waals surface area contributed by atoms with Crippen LogP contribution in [0, 0.1) is 10.1 Å². The van der Waals surface area contributed by atoms with Gasteiger partial charge in [0.15, 0.2) is 0 Å². The summed E-state index contributed by atoms with van der Waals surface area (Å²) in [5.41, 5.74) is 1.67. The van der Waals surface area contributed by atoms with Crippen molar-refractivity contribution < 1.29 is 23.9 Å². The van der Waals surface area contributed by atoms with Crippen LogP contribution in [0.3, 0.4) is 0 Å². The van der Waals surface area contributed by atoms with E-state index < -0.39 is 4.92 Å². The van der Waals surface area contributed by atoms with Crippen molar-refractivity contribution in [1.29, 1.82) is 0 Å². The van der Waals surface area contributed by atoms with Crippen LogP contribution in [0.4, 0.5) is 11.4 Å². The third-order valence-corrected chi connectivity index (χ3v) is 6.08. The standard InChI is InChI=1S/C23H27N3O6/c1-30-17-6-7-18(22(15-17)31-2)19-4-3-9-25(19)23(27)16-5-8-20(21(14-16)26(28)29)24-10-12-32-13-11-24/h5-8,14-15,19H,3-4,9-13H2,1-2H3/t19-/m0/s1. The van der Waals surface area contributed by atoms with Crippen LogP contribution >= 0.6 is 0 Å². The first-order valence-corrected chi connectivity index (χ1v) is 10.7. The van der Waals surface area contributed by atoms with Crippen LogP contribution in [-0.4, -0.2) is 62.8 Å². The first-order chi connectivity index (χ1) is 15.5. The molecule has 32 heavy (non-hydrogen) atoms. The molecule has 2 heterocycles. The highest BCUT2D eigenvalue weighted by atomic mass is 16.6. The lowest BCUT2D eigenvalue weighted by Gasteiger charge is -2.29. The van der Waals surface area contributed by atoms with Crippen molar-refractivity contribution in [1.82, 2.24) is 4.90 Å². The van der Waals surface area contributed by atoms with Gasteiger partial charge in [-0.15, -0.1) is 0 Å². The molecule has 9 heteroatoms. The van der Waals surface area contributed by atoms with E-state index in [1.54, 1.807) is 37.3 Å². The van der Waals surface area contributed by atoms with E-state index in [4.69, 9.17) is 14.2 Å². The van der Waals surface area contributed by atoms with Gasteiger partial charge in [-0.05, 0) is 37.1 Å². The largest absolute Gasteiger partial charge is 0.497 e. The molecule has 2 fully saturated rings. The fourth-order valence-corrected chi connectivity index (χ4v) is 4.47. The number of methoxy groups -OCH3 is 2. The fraction of sp³-hybridized carbons (Fsp3) is 0.435. The van der Waals surface area contributed by atoms with Gasteiger partial charge in [0.2, 0.25) is 0 Å². The van der Waals surface area contributed by atoms with Gasteiger partial charge >= 0.3 is 0 Å². The number of likely N-dealkylation sites (tertiary alicyclic amines) is 1.